The number of rotatable bonds is 7. The predicted molar refractivity (Wildman–Crippen MR) is 82.4 cm³/mol. The normalized spacial score (nSPS) is 16.7. The van der Waals surface area contributed by atoms with E-state index in [0.29, 0.717) is 6.61 Å². The maximum Gasteiger partial charge on any atom is 0.480 e. The summed E-state index contributed by atoms with van der Waals surface area (Å²) in [5.74, 6) is 1.48. The van der Waals surface area contributed by atoms with Crippen LogP contribution in [0.3, 0.4) is 0 Å². The zero-order valence-electron chi connectivity index (χ0n) is 13.3. The van der Waals surface area contributed by atoms with E-state index in [9.17, 15) is 0 Å². The Bertz CT molecular complexity index is 287. The topological polar surface area (TPSA) is 58.9 Å². The molecular formula is C13H29BO4Si. The molecule has 0 saturated carbocycles. The second kappa shape index (κ2) is 7.59. The maximum atomic E-state index is 8.83. The summed E-state index contributed by atoms with van der Waals surface area (Å²) in [4.78, 5) is 0. The first-order valence-electron chi connectivity index (χ1n) is 6.72. The molecule has 0 aromatic rings. The third kappa shape index (κ3) is 6.72. The fourth-order valence-corrected chi connectivity index (χ4v) is 2.47. The maximum absolute atomic E-state index is 8.83. The number of methoxy groups -OCH3 is 1. The molecule has 0 heterocycles. The number of ether oxygens (including phenoxy) is 1. The van der Waals surface area contributed by atoms with Crippen LogP contribution in [0.25, 0.3) is 0 Å². The summed E-state index contributed by atoms with van der Waals surface area (Å²) < 4.78 is 11.5. The second-order valence-corrected chi connectivity index (χ2v) is 11.4. The van der Waals surface area contributed by atoms with Crippen LogP contribution in [0.5, 0.6) is 0 Å². The van der Waals surface area contributed by atoms with Crippen molar-refractivity contribution in [3.63, 3.8) is 0 Å². The van der Waals surface area contributed by atoms with Crippen LogP contribution < -0.4 is 0 Å². The standard InChI is InChI=1S/C13H29BO4Si/c1-11(12(17-5)8-9-14(15)16)10-18-19(6,7)13(2,3)4/h8-9,11-12,15-16H,10H2,1-7H3/b9-8+/t11-,12-/m1/s1. The van der Waals surface area contributed by atoms with E-state index in [1.807, 2.05) is 6.92 Å². The molecule has 0 spiro atoms. The molecule has 112 valence electrons. The first kappa shape index (κ1) is 18.9. The minimum Gasteiger partial charge on any atom is -0.424 e. The Hall–Kier alpha value is -0.138. The van der Waals surface area contributed by atoms with Crippen molar-refractivity contribution in [3.8, 4) is 0 Å². The molecule has 0 radical (unpaired) electrons. The Morgan fingerprint density at radius 2 is 1.79 bits per heavy atom. The minimum atomic E-state index is -1.75. The molecule has 0 aliphatic carbocycles. The molecule has 0 saturated heterocycles. The van der Waals surface area contributed by atoms with E-state index in [1.54, 1.807) is 13.2 Å². The van der Waals surface area contributed by atoms with Gasteiger partial charge in [0.05, 0.1) is 6.10 Å². The molecule has 0 fully saturated rings. The average molecular weight is 288 g/mol. The van der Waals surface area contributed by atoms with E-state index in [2.05, 4.69) is 33.9 Å². The van der Waals surface area contributed by atoms with Gasteiger partial charge in [0.25, 0.3) is 0 Å². The van der Waals surface area contributed by atoms with Crippen LogP contribution in [0, 0.1) is 5.92 Å². The number of hydrogen-bond acceptors (Lipinski definition) is 4. The van der Waals surface area contributed by atoms with E-state index in [-0.39, 0.29) is 17.1 Å². The zero-order chi connectivity index (χ0) is 15.3. The largest absolute Gasteiger partial charge is 0.480 e. The van der Waals surface area contributed by atoms with Crippen LogP contribution in [0.2, 0.25) is 18.1 Å². The van der Waals surface area contributed by atoms with Gasteiger partial charge in [0.2, 0.25) is 0 Å². The van der Waals surface area contributed by atoms with Gasteiger partial charge in [-0.2, -0.15) is 0 Å². The van der Waals surface area contributed by atoms with Crippen molar-refractivity contribution < 1.29 is 19.2 Å². The molecule has 6 heteroatoms. The van der Waals surface area contributed by atoms with Crippen molar-refractivity contribution in [1.82, 2.24) is 0 Å². The highest BCUT2D eigenvalue weighted by Crippen LogP contribution is 2.36. The smallest absolute Gasteiger partial charge is 0.424 e. The van der Waals surface area contributed by atoms with E-state index in [1.165, 1.54) is 5.98 Å². The van der Waals surface area contributed by atoms with Crippen molar-refractivity contribution in [2.45, 2.75) is 51.9 Å². The molecule has 0 aliphatic heterocycles. The quantitative estimate of drug-likeness (QED) is 0.705. The molecule has 4 nitrogen and oxygen atoms in total. The monoisotopic (exact) mass is 288 g/mol. The summed E-state index contributed by atoms with van der Waals surface area (Å²) in [5.41, 5.74) is 0. The van der Waals surface area contributed by atoms with Crippen molar-refractivity contribution in [2.24, 2.45) is 5.92 Å². The first-order chi connectivity index (χ1) is 8.51. The summed E-state index contributed by atoms with van der Waals surface area (Å²) in [6, 6.07) is 0. The summed E-state index contributed by atoms with van der Waals surface area (Å²) in [5, 5.41) is 17.9. The van der Waals surface area contributed by atoms with Crippen molar-refractivity contribution >= 4 is 15.4 Å². The molecule has 0 aromatic carbocycles. The fraction of sp³-hybridized carbons (Fsp3) is 0.846. The van der Waals surface area contributed by atoms with Gasteiger partial charge in [0.1, 0.15) is 0 Å². The SMILES string of the molecule is CO[C@H](/C=C/B(O)O)[C@H](C)CO[Si](C)(C)C(C)(C)C. The van der Waals surface area contributed by atoms with Crippen molar-refractivity contribution in [2.75, 3.05) is 13.7 Å². The summed E-state index contributed by atoms with van der Waals surface area (Å²) in [6.45, 7) is 13.7. The molecule has 0 unspecified atom stereocenters. The van der Waals surface area contributed by atoms with Gasteiger partial charge >= 0.3 is 7.12 Å². The van der Waals surface area contributed by atoms with Crippen molar-refractivity contribution in [1.29, 1.82) is 0 Å². The summed E-state index contributed by atoms with van der Waals surface area (Å²) in [7, 11) is -1.58. The van der Waals surface area contributed by atoms with E-state index < -0.39 is 15.4 Å². The predicted octanol–water partition coefficient (Wildman–Crippen LogP) is 2.23. The van der Waals surface area contributed by atoms with Crippen LogP contribution in [-0.4, -0.2) is 45.3 Å². The Morgan fingerprint density at radius 1 is 1.26 bits per heavy atom. The highest BCUT2D eigenvalue weighted by atomic mass is 28.4. The van der Waals surface area contributed by atoms with E-state index in [0.717, 1.165) is 0 Å². The Labute approximate surface area is 119 Å². The third-order valence-corrected chi connectivity index (χ3v) is 8.32. The van der Waals surface area contributed by atoms with Gasteiger partial charge in [0.15, 0.2) is 8.32 Å². The zero-order valence-corrected chi connectivity index (χ0v) is 14.3. The molecule has 0 rings (SSSR count). The van der Waals surface area contributed by atoms with Crippen LogP contribution >= 0.6 is 0 Å². The Morgan fingerprint density at radius 3 is 2.16 bits per heavy atom. The van der Waals surface area contributed by atoms with E-state index >= 15 is 0 Å². The molecule has 0 amide bonds. The second-order valence-electron chi connectivity index (χ2n) is 6.55. The highest BCUT2D eigenvalue weighted by Gasteiger charge is 2.37. The van der Waals surface area contributed by atoms with Gasteiger partial charge < -0.3 is 19.2 Å². The van der Waals surface area contributed by atoms with Crippen LogP contribution in [0.4, 0.5) is 0 Å². The third-order valence-electron chi connectivity index (χ3n) is 3.82. The fourth-order valence-electron chi connectivity index (χ4n) is 1.36. The first-order valence-corrected chi connectivity index (χ1v) is 9.63. The highest BCUT2D eigenvalue weighted by molar-refractivity contribution is 6.74. The Balaban J connectivity index is 4.47. The van der Waals surface area contributed by atoms with Crippen molar-refractivity contribution in [3.05, 3.63) is 12.1 Å². The summed E-state index contributed by atoms with van der Waals surface area (Å²) >= 11 is 0. The average Bonchev–Trinajstić information content (AvgIpc) is 2.25. The van der Waals surface area contributed by atoms with Crippen LogP contribution in [0.15, 0.2) is 12.1 Å². The molecule has 2 atom stereocenters. The van der Waals surface area contributed by atoms with Gasteiger partial charge in [-0.1, -0.05) is 39.7 Å². The van der Waals surface area contributed by atoms with Crippen LogP contribution in [-0.2, 0) is 9.16 Å². The molecule has 0 aliphatic rings. The summed E-state index contributed by atoms with van der Waals surface area (Å²) in [6.07, 6.45) is 1.50. The molecule has 2 N–H and O–H groups in total. The van der Waals surface area contributed by atoms with E-state index in [4.69, 9.17) is 19.2 Å². The van der Waals surface area contributed by atoms with Gasteiger partial charge in [0, 0.05) is 19.6 Å². The van der Waals surface area contributed by atoms with Gasteiger partial charge in [-0.15, -0.1) is 0 Å². The van der Waals surface area contributed by atoms with Gasteiger partial charge in [-0.3, -0.25) is 0 Å². The lowest BCUT2D eigenvalue weighted by Gasteiger charge is -2.37. The lowest BCUT2D eigenvalue weighted by molar-refractivity contribution is 0.0691. The van der Waals surface area contributed by atoms with Gasteiger partial charge in [-0.25, -0.2) is 0 Å². The number of hydrogen-bond donors (Lipinski definition) is 2. The minimum absolute atomic E-state index is 0.161. The Kier molecular flexibility index (Phi) is 7.54. The van der Waals surface area contributed by atoms with Crippen LogP contribution in [0.1, 0.15) is 27.7 Å². The molecule has 0 aromatic heterocycles. The lowest BCUT2D eigenvalue weighted by Crippen LogP contribution is -2.42. The van der Waals surface area contributed by atoms with Gasteiger partial charge in [-0.05, 0) is 18.1 Å². The molecule has 0 bridgehead atoms. The molecule has 19 heavy (non-hydrogen) atoms. The lowest BCUT2D eigenvalue weighted by atomic mass is 9.89. The molecular weight excluding hydrogens is 259 g/mol.